The fourth-order valence-electron chi connectivity index (χ4n) is 10.4. The molecule has 9 amide bonds. The Kier molecular flexibility index (Phi) is 24.9. The average Bonchev–Trinajstić information content (AvgIpc) is 4.26. The number of likely N-dealkylation sites (tertiary alicyclic amines) is 3. The van der Waals surface area contributed by atoms with Crippen LogP contribution in [0.25, 0.3) is 0 Å². The number of carboxylic acid groups (broad SMARTS) is 1. The van der Waals surface area contributed by atoms with Crippen LogP contribution in [0.15, 0.2) is 48.5 Å². The summed E-state index contributed by atoms with van der Waals surface area (Å²) in [4.78, 5) is 143. The molecule has 10 atom stereocenters. The number of hydrogen-bond acceptors (Lipinski definition) is 16. The van der Waals surface area contributed by atoms with Crippen molar-refractivity contribution in [3.8, 4) is 11.5 Å². The van der Waals surface area contributed by atoms with Gasteiger partial charge in [-0.25, -0.2) is 4.79 Å². The number of carboxylic acids is 1. The highest BCUT2D eigenvalue weighted by Gasteiger charge is 2.45. The molecule has 24 nitrogen and oxygen atoms in total. The largest absolute Gasteiger partial charge is 0.508 e. The average molecular weight is 1170 g/mol. The monoisotopic (exact) mass is 1170 g/mol. The fraction of sp³-hybridized carbons (Fsp3) is 0.600. The van der Waals surface area contributed by atoms with Gasteiger partial charge in [0.15, 0.2) is 0 Å². The first-order valence-electron chi connectivity index (χ1n) is 27.7. The zero-order valence-corrected chi connectivity index (χ0v) is 48.2. The van der Waals surface area contributed by atoms with Gasteiger partial charge >= 0.3 is 5.97 Å². The molecule has 3 aliphatic rings. The summed E-state index contributed by atoms with van der Waals surface area (Å²) in [6.07, 6.45) is 2.17. The lowest BCUT2D eigenvalue weighted by atomic mass is 9.99. The van der Waals surface area contributed by atoms with Gasteiger partial charge in [-0.3, -0.25) is 43.2 Å². The second kappa shape index (κ2) is 31.0. The summed E-state index contributed by atoms with van der Waals surface area (Å²) in [7, 11) is 0. The number of rotatable bonds is 28. The Labute approximate surface area is 483 Å². The van der Waals surface area contributed by atoms with Crippen LogP contribution in [-0.4, -0.2) is 187 Å². The molecule has 446 valence electrons. The van der Waals surface area contributed by atoms with E-state index in [-0.39, 0.29) is 99.4 Å². The second-order valence-electron chi connectivity index (χ2n) is 21.8. The van der Waals surface area contributed by atoms with Crippen molar-refractivity contribution in [1.29, 1.82) is 0 Å². The molecular formula is C55H81N11O13S2. The minimum atomic E-state index is -1.38. The maximum atomic E-state index is 14.7. The topological polar surface area (TPSA) is 365 Å². The molecule has 81 heavy (non-hydrogen) atoms. The first-order valence-corrected chi connectivity index (χ1v) is 28.9. The Bertz CT molecular complexity index is 2540. The highest BCUT2D eigenvalue weighted by molar-refractivity contribution is 7.80. The summed E-state index contributed by atoms with van der Waals surface area (Å²) in [6.45, 7) is 7.86. The molecule has 3 aliphatic heterocycles. The molecule has 3 fully saturated rings. The van der Waals surface area contributed by atoms with E-state index in [1.807, 2.05) is 13.8 Å². The molecule has 0 bridgehead atoms. The molecule has 0 spiro atoms. The number of amides is 9. The molecule has 2 aromatic rings. The zero-order chi connectivity index (χ0) is 59.7. The molecule has 2 aromatic carbocycles. The lowest BCUT2D eigenvalue weighted by molar-refractivity contribution is -0.147. The number of aromatic hydroxyl groups is 2. The Hall–Kier alpha value is -6.64. The number of phenols is 2. The summed E-state index contributed by atoms with van der Waals surface area (Å²) in [5, 5.41) is 45.7. The summed E-state index contributed by atoms with van der Waals surface area (Å²) in [6, 6.07) is 0.226. The summed E-state index contributed by atoms with van der Waals surface area (Å²) in [5.74, 6) is -7.76. The maximum Gasteiger partial charge on any atom is 0.327 e. The second-order valence-corrected chi connectivity index (χ2v) is 22.6. The Balaban J connectivity index is 1.33. The molecule has 0 unspecified atom stereocenters. The number of nitrogens with two attached hydrogens (primary N) is 2. The van der Waals surface area contributed by atoms with Gasteiger partial charge in [0.25, 0.3) is 0 Å². The van der Waals surface area contributed by atoms with Crippen molar-refractivity contribution in [2.45, 2.75) is 159 Å². The van der Waals surface area contributed by atoms with Crippen LogP contribution in [0.2, 0.25) is 0 Å². The van der Waals surface area contributed by atoms with Crippen LogP contribution >= 0.6 is 25.3 Å². The number of aliphatic carboxylic acids is 1. The van der Waals surface area contributed by atoms with Crippen molar-refractivity contribution >= 4 is 84.4 Å². The van der Waals surface area contributed by atoms with Crippen molar-refractivity contribution in [3.05, 3.63) is 59.7 Å². The highest BCUT2D eigenvalue weighted by Crippen LogP contribution is 2.27. The van der Waals surface area contributed by atoms with E-state index in [2.05, 4.69) is 57.2 Å². The number of carbonyl (C=O) groups excluding carboxylic acids is 9. The fourth-order valence-corrected chi connectivity index (χ4v) is 10.8. The molecule has 3 saturated heterocycles. The highest BCUT2D eigenvalue weighted by atomic mass is 32.1. The molecular weight excluding hydrogens is 1090 g/mol. The Morgan fingerprint density at radius 1 is 0.531 bits per heavy atom. The number of nitrogens with one attached hydrogen (secondary N) is 6. The smallest absolute Gasteiger partial charge is 0.327 e. The third kappa shape index (κ3) is 18.4. The Morgan fingerprint density at radius 3 is 1.41 bits per heavy atom. The summed E-state index contributed by atoms with van der Waals surface area (Å²) in [5.41, 5.74) is 13.0. The van der Waals surface area contributed by atoms with Gasteiger partial charge in [0.2, 0.25) is 53.2 Å². The first-order chi connectivity index (χ1) is 38.5. The minimum Gasteiger partial charge on any atom is -0.508 e. The van der Waals surface area contributed by atoms with Gasteiger partial charge in [0.1, 0.15) is 65.9 Å². The van der Waals surface area contributed by atoms with E-state index in [4.69, 9.17) is 11.5 Å². The molecule has 26 heteroatoms. The lowest BCUT2D eigenvalue weighted by Crippen LogP contribution is -2.61. The van der Waals surface area contributed by atoms with Crippen LogP contribution in [0.3, 0.4) is 0 Å². The van der Waals surface area contributed by atoms with E-state index in [1.165, 1.54) is 51.1 Å². The summed E-state index contributed by atoms with van der Waals surface area (Å²) < 4.78 is 0. The molecule has 13 N–H and O–H groups in total. The maximum absolute atomic E-state index is 14.7. The van der Waals surface area contributed by atoms with E-state index < -0.39 is 120 Å². The predicted octanol–water partition coefficient (Wildman–Crippen LogP) is -0.523. The molecule has 0 saturated carbocycles. The van der Waals surface area contributed by atoms with Crippen molar-refractivity contribution in [3.63, 3.8) is 0 Å². The van der Waals surface area contributed by atoms with Crippen LogP contribution in [-0.2, 0) is 60.8 Å². The number of phenolic OH excluding ortho intramolecular Hbond substituents is 2. The molecule has 0 aromatic heterocycles. The molecule has 5 rings (SSSR count). The number of carbonyl (C=O) groups is 10. The first kappa shape index (κ1) is 65.2. The van der Waals surface area contributed by atoms with Gasteiger partial charge in [-0.2, -0.15) is 25.3 Å². The zero-order valence-electron chi connectivity index (χ0n) is 46.4. The third-order valence-electron chi connectivity index (χ3n) is 14.6. The van der Waals surface area contributed by atoms with Crippen LogP contribution in [0.4, 0.5) is 0 Å². The van der Waals surface area contributed by atoms with E-state index in [0.717, 1.165) is 0 Å². The lowest BCUT2D eigenvalue weighted by Gasteiger charge is -2.33. The third-order valence-corrected chi connectivity index (χ3v) is 15.3. The van der Waals surface area contributed by atoms with Crippen molar-refractivity contribution < 1.29 is 63.3 Å². The van der Waals surface area contributed by atoms with E-state index in [1.54, 1.807) is 26.0 Å². The van der Waals surface area contributed by atoms with E-state index in [9.17, 15) is 63.3 Å². The molecule has 3 heterocycles. The standard InChI is InChI=1S/C55H81N11O13S2/c1-30(2)24-38(47(70)63-42(29-81)55(78)79)59-48(71)39(26-32-11-15-34(67)16-12-32)60-46(69)37(19-20-56)58-50(73)43-8-5-21-64(43)53(76)41(25-31(3)4)62-49(72)40(27-33-13-17-35(68)18-14-33)61-51(74)44-9-6-22-65(44)54(77)45-10-7-23-66(45)52(75)36(57)28-80/h11-18,30-31,36-45,67-68,80-81H,5-10,19-29,56-57H2,1-4H3,(H,58,73)(H,59,71)(H,60,69)(H,61,74)(H,62,72)(H,63,70)(H,78,79)/t36-,37+,38-,39-,40-,41-,42-,43-,44-,45-/m0/s1. The minimum absolute atomic E-state index is 0.0315. The van der Waals surface area contributed by atoms with Gasteiger partial charge in [0, 0.05) is 44.0 Å². The van der Waals surface area contributed by atoms with Crippen LogP contribution in [0.5, 0.6) is 11.5 Å². The SMILES string of the molecule is CC(C)C[C@H](NC(=O)[C@H](Cc1ccc(O)cc1)NC(=O)[C@@H](CCN)NC(=O)[C@@H]1CCCN1C(=O)[C@H](CC(C)C)NC(=O)[C@H](Cc1ccc(O)cc1)NC(=O)[C@@H]1CCCN1C(=O)[C@@H]1CCCN1C(=O)[C@@H](N)CS)C(=O)N[C@@H](CS)C(=O)O. The quantitative estimate of drug-likeness (QED) is 0.0477. The van der Waals surface area contributed by atoms with Gasteiger partial charge < -0.3 is 73.4 Å². The van der Waals surface area contributed by atoms with Crippen molar-refractivity contribution in [2.24, 2.45) is 23.3 Å². The number of nitrogens with zero attached hydrogens (tertiary/aromatic N) is 3. The predicted molar refractivity (Wildman–Crippen MR) is 305 cm³/mol. The molecule has 0 aliphatic carbocycles. The van der Waals surface area contributed by atoms with E-state index >= 15 is 0 Å². The molecule has 0 radical (unpaired) electrons. The number of thiol groups is 2. The van der Waals surface area contributed by atoms with E-state index in [0.29, 0.717) is 43.4 Å². The van der Waals surface area contributed by atoms with Crippen molar-refractivity contribution in [2.75, 3.05) is 37.7 Å². The normalized spacial score (nSPS) is 19.6. The van der Waals surface area contributed by atoms with Crippen molar-refractivity contribution in [1.82, 2.24) is 46.6 Å². The number of hydrogen-bond donors (Lipinski definition) is 13. The van der Waals surface area contributed by atoms with Gasteiger partial charge in [-0.1, -0.05) is 52.0 Å². The number of benzene rings is 2. The Morgan fingerprint density at radius 2 is 0.926 bits per heavy atom. The van der Waals surface area contributed by atoms with Crippen LogP contribution in [0.1, 0.15) is 96.6 Å². The summed E-state index contributed by atoms with van der Waals surface area (Å²) >= 11 is 8.17. The van der Waals surface area contributed by atoms with Gasteiger partial charge in [-0.15, -0.1) is 0 Å². The van der Waals surface area contributed by atoms with Gasteiger partial charge in [0.05, 0.1) is 6.04 Å². The van der Waals surface area contributed by atoms with Crippen LogP contribution < -0.4 is 43.4 Å². The van der Waals surface area contributed by atoms with Gasteiger partial charge in [-0.05, 0) is 112 Å². The van der Waals surface area contributed by atoms with Crippen LogP contribution in [0, 0.1) is 11.8 Å².